The third-order valence-electron chi connectivity index (χ3n) is 3.55. The summed E-state index contributed by atoms with van der Waals surface area (Å²) in [4.78, 5) is 14.2. The van der Waals surface area contributed by atoms with Crippen molar-refractivity contribution in [3.8, 4) is 5.75 Å². The fourth-order valence-corrected chi connectivity index (χ4v) is 2.43. The van der Waals surface area contributed by atoms with E-state index in [1.807, 2.05) is 54.6 Å². The van der Waals surface area contributed by atoms with Gasteiger partial charge < -0.3 is 15.0 Å². The molecule has 2 aromatic carbocycles. The van der Waals surface area contributed by atoms with Crippen LogP contribution in [-0.4, -0.2) is 30.5 Å². The van der Waals surface area contributed by atoms with Gasteiger partial charge in [-0.05, 0) is 17.7 Å². The minimum absolute atomic E-state index is 0.0131. The first-order valence-electron chi connectivity index (χ1n) is 7.02. The van der Waals surface area contributed by atoms with E-state index >= 15 is 0 Å². The topological polar surface area (TPSA) is 41.6 Å². The Labute approximate surface area is 124 Å². The van der Waals surface area contributed by atoms with Gasteiger partial charge in [0, 0.05) is 13.6 Å². The second kappa shape index (κ2) is 5.87. The molecule has 0 radical (unpaired) electrons. The fourth-order valence-electron chi connectivity index (χ4n) is 2.43. The zero-order chi connectivity index (χ0) is 14.7. The van der Waals surface area contributed by atoms with Gasteiger partial charge in [-0.3, -0.25) is 4.79 Å². The molecule has 0 saturated carbocycles. The standard InChI is InChI=1S/C17H18N2O2/c1-19(12-13-7-3-2-4-8-13)17(20)16-11-18-14-9-5-6-10-15(14)21-16/h2-10,16,18H,11-12H2,1H3/t16-/m1/s1. The van der Waals surface area contributed by atoms with Crippen molar-refractivity contribution in [3.63, 3.8) is 0 Å². The molecule has 3 rings (SSSR count). The Bertz CT molecular complexity index is 628. The molecule has 1 N–H and O–H groups in total. The van der Waals surface area contributed by atoms with E-state index in [2.05, 4.69) is 5.32 Å². The van der Waals surface area contributed by atoms with E-state index in [1.54, 1.807) is 11.9 Å². The van der Waals surface area contributed by atoms with Crippen LogP contribution in [0, 0.1) is 0 Å². The average Bonchev–Trinajstić information content (AvgIpc) is 2.54. The van der Waals surface area contributed by atoms with E-state index in [1.165, 1.54) is 0 Å². The quantitative estimate of drug-likeness (QED) is 0.940. The van der Waals surface area contributed by atoms with E-state index < -0.39 is 6.10 Å². The van der Waals surface area contributed by atoms with Crippen molar-refractivity contribution in [2.24, 2.45) is 0 Å². The lowest BCUT2D eigenvalue weighted by atomic mass is 10.2. The summed E-state index contributed by atoms with van der Waals surface area (Å²) >= 11 is 0. The van der Waals surface area contributed by atoms with E-state index in [-0.39, 0.29) is 5.91 Å². The molecule has 0 unspecified atom stereocenters. The molecule has 0 bridgehead atoms. The number of carbonyl (C=O) groups is 1. The highest BCUT2D eigenvalue weighted by Crippen LogP contribution is 2.28. The van der Waals surface area contributed by atoms with Gasteiger partial charge in [0.15, 0.2) is 6.10 Å². The number of hydrogen-bond donors (Lipinski definition) is 1. The molecular weight excluding hydrogens is 264 g/mol. The third-order valence-corrected chi connectivity index (χ3v) is 3.55. The van der Waals surface area contributed by atoms with Gasteiger partial charge >= 0.3 is 0 Å². The van der Waals surface area contributed by atoms with E-state index in [0.29, 0.717) is 13.1 Å². The molecule has 1 heterocycles. The van der Waals surface area contributed by atoms with Gasteiger partial charge in [0.05, 0.1) is 12.2 Å². The summed E-state index contributed by atoms with van der Waals surface area (Å²) in [6.45, 7) is 1.08. The van der Waals surface area contributed by atoms with Crippen LogP contribution in [0.2, 0.25) is 0 Å². The number of nitrogens with zero attached hydrogens (tertiary/aromatic N) is 1. The van der Waals surface area contributed by atoms with Crippen LogP contribution >= 0.6 is 0 Å². The number of likely N-dealkylation sites (N-methyl/N-ethyl adjacent to an activating group) is 1. The number of carbonyl (C=O) groups excluding carboxylic acids is 1. The van der Waals surface area contributed by atoms with Crippen LogP contribution in [0.1, 0.15) is 5.56 Å². The zero-order valence-electron chi connectivity index (χ0n) is 12.0. The van der Waals surface area contributed by atoms with Crippen LogP contribution in [0.5, 0.6) is 5.75 Å². The number of fused-ring (bicyclic) bond motifs is 1. The lowest BCUT2D eigenvalue weighted by Crippen LogP contribution is -2.45. The summed E-state index contributed by atoms with van der Waals surface area (Å²) in [5.41, 5.74) is 2.05. The number of nitrogens with one attached hydrogen (secondary N) is 1. The fraction of sp³-hybridized carbons (Fsp3) is 0.235. The molecule has 1 amide bonds. The number of para-hydroxylation sites is 2. The Morgan fingerprint density at radius 3 is 2.71 bits per heavy atom. The molecule has 21 heavy (non-hydrogen) atoms. The summed E-state index contributed by atoms with van der Waals surface area (Å²) in [6.07, 6.45) is -0.478. The molecule has 0 aliphatic carbocycles. The van der Waals surface area contributed by atoms with Gasteiger partial charge in [-0.15, -0.1) is 0 Å². The van der Waals surface area contributed by atoms with E-state index in [9.17, 15) is 4.79 Å². The number of ether oxygens (including phenoxy) is 1. The second-order valence-corrected chi connectivity index (χ2v) is 5.16. The predicted molar refractivity (Wildman–Crippen MR) is 82.3 cm³/mol. The molecule has 1 aliphatic rings. The maximum atomic E-state index is 12.5. The maximum Gasteiger partial charge on any atom is 0.265 e. The van der Waals surface area contributed by atoms with Gasteiger partial charge in [-0.2, -0.15) is 0 Å². The normalized spacial score (nSPS) is 16.3. The van der Waals surface area contributed by atoms with Crippen molar-refractivity contribution in [2.75, 3.05) is 18.9 Å². The van der Waals surface area contributed by atoms with Crippen molar-refractivity contribution in [2.45, 2.75) is 12.6 Å². The maximum absolute atomic E-state index is 12.5. The highest BCUT2D eigenvalue weighted by atomic mass is 16.5. The van der Waals surface area contributed by atoms with E-state index in [4.69, 9.17) is 4.74 Å². The molecule has 4 heteroatoms. The second-order valence-electron chi connectivity index (χ2n) is 5.16. The summed E-state index contributed by atoms with van der Waals surface area (Å²) in [7, 11) is 1.80. The number of hydrogen-bond acceptors (Lipinski definition) is 3. The van der Waals surface area contributed by atoms with Gasteiger partial charge in [-0.25, -0.2) is 0 Å². The first-order chi connectivity index (χ1) is 10.2. The van der Waals surface area contributed by atoms with Crippen LogP contribution in [0.3, 0.4) is 0 Å². The molecule has 0 aromatic heterocycles. The Morgan fingerprint density at radius 1 is 1.19 bits per heavy atom. The van der Waals surface area contributed by atoms with Gasteiger partial charge in [0.1, 0.15) is 5.75 Å². The smallest absolute Gasteiger partial charge is 0.265 e. The number of amides is 1. The van der Waals surface area contributed by atoms with Crippen molar-refractivity contribution in [1.29, 1.82) is 0 Å². The largest absolute Gasteiger partial charge is 0.477 e. The lowest BCUT2D eigenvalue weighted by Gasteiger charge is -2.29. The van der Waals surface area contributed by atoms with Gasteiger partial charge in [-0.1, -0.05) is 42.5 Å². The first kappa shape index (κ1) is 13.5. The number of benzene rings is 2. The molecular formula is C17H18N2O2. The summed E-state index contributed by atoms with van der Waals surface area (Å²) in [5, 5.41) is 3.24. The summed E-state index contributed by atoms with van der Waals surface area (Å²) < 4.78 is 5.80. The van der Waals surface area contributed by atoms with Gasteiger partial charge in [0.25, 0.3) is 5.91 Å². The van der Waals surface area contributed by atoms with Crippen molar-refractivity contribution in [3.05, 3.63) is 60.2 Å². The van der Waals surface area contributed by atoms with E-state index in [0.717, 1.165) is 17.0 Å². The highest BCUT2D eigenvalue weighted by molar-refractivity contribution is 5.83. The summed E-state index contributed by atoms with van der Waals surface area (Å²) in [6, 6.07) is 17.6. The third kappa shape index (κ3) is 2.99. The average molecular weight is 282 g/mol. The Kier molecular flexibility index (Phi) is 3.77. The molecule has 2 aromatic rings. The minimum Gasteiger partial charge on any atom is -0.477 e. The minimum atomic E-state index is -0.478. The van der Waals surface area contributed by atoms with Crippen LogP contribution in [0.25, 0.3) is 0 Å². The summed E-state index contributed by atoms with van der Waals surface area (Å²) in [5.74, 6) is 0.719. The lowest BCUT2D eigenvalue weighted by molar-refractivity contribution is -0.137. The van der Waals surface area contributed by atoms with Crippen molar-refractivity contribution >= 4 is 11.6 Å². The zero-order valence-corrected chi connectivity index (χ0v) is 12.0. The number of rotatable bonds is 3. The monoisotopic (exact) mass is 282 g/mol. The number of anilines is 1. The predicted octanol–water partition coefficient (Wildman–Crippen LogP) is 2.52. The van der Waals surface area contributed by atoms with Crippen LogP contribution in [-0.2, 0) is 11.3 Å². The van der Waals surface area contributed by atoms with Crippen molar-refractivity contribution in [1.82, 2.24) is 4.90 Å². The van der Waals surface area contributed by atoms with Crippen molar-refractivity contribution < 1.29 is 9.53 Å². The van der Waals surface area contributed by atoms with Gasteiger partial charge in [0.2, 0.25) is 0 Å². The Morgan fingerprint density at radius 2 is 1.90 bits per heavy atom. The molecule has 1 atom stereocenters. The highest BCUT2D eigenvalue weighted by Gasteiger charge is 2.28. The Hall–Kier alpha value is -2.49. The molecule has 4 nitrogen and oxygen atoms in total. The molecule has 108 valence electrons. The SMILES string of the molecule is CN(Cc1ccccc1)C(=O)[C@H]1CNc2ccccc2O1. The first-order valence-corrected chi connectivity index (χ1v) is 7.02. The van der Waals surface area contributed by atoms with Crippen LogP contribution in [0.15, 0.2) is 54.6 Å². The molecule has 0 spiro atoms. The molecule has 1 aliphatic heterocycles. The Balaban J connectivity index is 1.66. The van der Waals surface area contributed by atoms with Crippen LogP contribution < -0.4 is 10.1 Å². The van der Waals surface area contributed by atoms with Crippen LogP contribution in [0.4, 0.5) is 5.69 Å². The molecule has 0 fully saturated rings. The molecule has 0 saturated heterocycles.